The molecule has 2 rings (SSSR count). The van der Waals surface area contributed by atoms with Crippen LogP contribution >= 0.6 is 0 Å². The zero-order valence-electron chi connectivity index (χ0n) is 13.6. The molecule has 1 heterocycles. The number of nitrogens with zero attached hydrogens (tertiary/aromatic N) is 5. The first kappa shape index (κ1) is 18.9. The third-order valence-corrected chi connectivity index (χ3v) is 3.62. The fourth-order valence-electron chi connectivity index (χ4n) is 2.28. The maximum absolute atomic E-state index is 13.2. The Kier molecular flexibility index (Phi) is 6.62. The number of pyridine rings is 1. The van der Waals surface area contributed by atoms with Crippen molar-refractivity contribution in [2.75, 3.05) is 13.2 Å². The van der Waals surface area contributed by atoms with Gasteiger partial charge in [-0.1, -0.05) is 42.0 Å². The number of aromatic nitrogens is 1. The highest BCUT2D eigenvalue weighted by molar-refractivity contribution is 5.78. The lowest BCUT2D eigenvalue weighted by atomic mass is 9.99. The number of rotatable bonds is 7. The van der Waals surface area contributed by atoms with Gasteiger partial charge in [0.25, 0.3) is 5.82 Å². The molecule has 0 radical (unpaired) electrons. The van der Waals surface area contributed by atoms with E-state index in [-0.39, 0.29) is 0 Å². The van der Waals surface area contributed by atoms with E-state index in [1.807, 2.05) is 0 Å². The molecule has 0 aliphatic carbocycles. The van der Waals surface area contributed by atoms with Crippen molar-refractivity contribution in [3.63, 3.8) is 0 Å². The van der Waals surface area contributed by atoms with E-state index < -0.39 is 31.3 Å². The lowest BCUT2D eigenvalue weighted by Gasteiger charge is -2.21. The van der Waals surface area contributed by atoms with Gasteiger partial charge in [0.1, 0.15) is 25.5 Å². The zero-order valence-corrected chi connectivity index (χ0v) is 13.6. The van der Waals surface area contributed by atoms with Crippen LogP contribution in [0.3, 0.4) is 0 Å². The fourth-order valence-corrected chi connectivity index (χ4v) is 2.28. The second kappa shape index (κ2) is 9.13. The van der Waals surface area contributed by atoms with Gasteiger partial charge in [0.15, 0.2) is 0 Å². The Bertz CT molecular complexity index is 841. The SMILES string of the molecule is [C-]#[N+]c1ccc(-c2ccc(C(O)C(CF)NC(=O)CN=[N+]=[N-])cc2)cn1. The molecule has 1 amide bonds. The summed E-state index contributed by atoms with van der Waals surface area (Å²) in [6, 6.07) is 8.89. The van der Waals surface area contributed by atoms with E-state index in [9.17, 15) is 14.3 Å². The van der Waals surface area contributed by atoms with Crippen molar-refractivity contribution >= 4 is 11.7 Å². The first-order chi connectivity index (χ1) is 12.6. The van der Waals surface area contributed by atoms with Crippen LogP contribution in [-0.2, 0) is 4.79 Å². The normalized spacial score (nSPS) is 12.3. The summed E-state index contributed by atoms with van der Waals surface area (Å²) in [5, 5.41) is 15.7. The molecule has 26 heavy (non-hydrogen) atoms. The smallest absolute Gasteiger partial charge is 0.269 e. The molecule has 8 nitrogen and oxygen atoms in total. The monoisotopic (exact) mass is 354 g/mol. The van der Waals surface area contributed by atoms with Gasteiger partial charge in [-0.2, -0.15) is 0 Å². The molecule has 2 atom stereocenters. The van der Waals surface area contributed by atoms with Gasteiger partial charge in [-0.25, -0.2) is 4.39 Å². The van der Waals surface area contributed by atoms with Crippen molar-refractivity contribution in [3.05, 3.63) is 70.0 Å². The summed E-state index contributed by atoms with van der Waals surface area (Å²) in [6.07, 6.45) is 0.311. The number of halogens is 1. The number of nitrogens with one attached hydrogen (secondary N) is 1. The molecule has 0 spiro atoms. The first-order valence-corrected chi connectivity index (χ1v) is 7.57. The van der Waals surface area contributed by atoms with Gasteiger partial charge >= 0.3 is 0 Å². The number of aliphatic hydroxyl groups excluding tert-OH is 1. The highest BCUT2D eigenvalue weighted by Crippen LogP contribution is 2.24. The number of amides is 1. The standard InChI is InChI=1S/C17H15FN6O2/c1-20-15-7-6-13(9-21-15)11-2-4-12(5-3-11)17(26)14(8-18)23-16(25)10-22-24-19/h2-7,9,14,17,26H,8,10H2,(H,23,25). The number of hydrogen-bond acceptors (Lipinski definition) is 4. The fraction of sp³-hybridized carbons (Fsp3) is 0.235. The van der Waals surface area contributed by atoms with Crippen molar-refractivity contribution in [3.8, 4) is 11.1 Å². The Morgan fingerprint density at radius 3 is 2.54 bits per heavy atom. The quantitative estimate of drug-likeness (QED) is 0.344. The summed E-state index contributed by atoms with van der Waals surface area (Å²) >= 11 is 0. The maximum Gasteiger partial charge on any atom is 0.269 e. The molecule has 2 aromatic rings. The minimum Gasteiger partial charge on any atom is -0.386 e. The summed E-state index contributed by atoms with van der Waals surface area (Å²) in [5.41, 5.74) is 10.2. The number of carbonyl (C=O) groups excluding carboxylic acids is 1. The van der Waals surface area contributed by atoms with Crippen LogP contribution in [0.25, 0.3) is 26.4 Å². The molecular formula is C17H15FN6O2. The topological polar surface area (TPSA) is 115 Å². The van der Waals surface area contributed by atoms with Crippen molar-refractivity contribution < 1.29 is 14.3 Å². The maximum atomic E-state index is 13.2. The summed E-state index contributed by atoms with van der Waals surface area (Å²) < 4.78 is 13.2. The van der Waals surface area contributed by atoms with E-state index in [0.717, 1.165) is 11.1 Å². The van der Waals surface area contributed by atoms with Gasteiger partial charge in [-0.15, -0.1) is 4.98 Å². The zero-order chi connectivity index (χ0) is 18.9. The number of aliphatic hydroxyl groups is 1. The molecule has 2 unspecified atom stereocenters. The largest absolute Gasteiger partial charge is 0.386 e. The molecule has 0 fully saturated rings. The third kappa shape index (κ3) is 4.77. The number of benzene rings is 1. The highest BCUT2D eigenvalue weighted by atomic mass is 19.1. The van der Waals surface area contributed by atoms with Crippen molar-refractivity contribution in [1.29, 1.82) is 0 Å². The molecule has 2 N–H and O–H groups in total. The first-order valence-electron chi connectivity index (χ1n) is 7.57. The average Bonchev–Trinajstić information content (AvgIpc) is 2.70. The van der Waals surface area contributed by atoms with Crippen LogP contribution in [-0.4, -0.2) is 35.3 Å². The molecule has 0 aliphatic heterocycles. The van der Waals surface area contributed by atoms with E-state index in [1.54, 1.807) is 42.6 Å². The van der Waals surface area contributed by atoms with Crippen LogP contribution in [0, 0.1) is 6.57 Å². The average molecular weight is 354 g/mol. The van der Waals surface area contributed by atoms with Gasteiger partial charge in [0.2, 0.25) is 5.91 Å². The minimum atomic E-state index is -1.26. The number of alkyl halides is 1. The van der Waals surface area contributed by atoms with E-state index in [2.05, 4.69) is 25.2 Å². The molecule has 0 saturated heterocycles. The Morgan fingerprint density at radius 2 is 2.00 bits per heavy atom. The van der Waals surface area contributed by atoms with Crippen LogP contribution in [0.1, 0.15) is 11.7 Å². The Balaban J connectivity index is 2.10. The van der Waals surface area contributed by atoms with Gasteiger partial charge in [-0.3, -0.25) is 4.79 Å². The van der Waals surface area contributed by atoms with Crippen LogP contribution in [0.2, 0.25) is 0 Å². The second-order valence-corrected chi connectivity index (χ2v) is 5.30. The lowest BCUT2D eigenvalue weighted by Crippen LogP contribution is -2.41. The van der Waals surface area contributed by atoms with Crippen molar-refractivity contribution in [1.82, 2.24) is 10.3 Å². The van der Waals surface area contributed by atoms with Gasteiger partial charge < -0.3 is 15.3 Å². The number of hydrogen-bond donors (Lipinski definition) is 2. The van der Waals surface area contributed by atoms with Crippen LogP contribution < -0.4 is 5.32 Å². The molecule has 1 aromatic heterocycles. The lowest BCUT2D eigenvalue weighted by molar-refractivity contribution is -0.121. The molecule has 0 aliphatic rings. The Morgan fingerprint density at radius 1 is 1.31 bits per heavy atom. The molecular weight excluding hydrogens is 339 g/mol. The molecule has 1 aromatic carbocycles. The van der Waals surface area contributed by atoms with Gasteiger partial charge in [0, 0.05) is 10.5 Å². The molecule has 9 heteroatoms. The van der Waals surface area contributed by atoms with E-state index in [4.69, 9.17) is 12.1 Å². The Hall–Kier alpha value is -3.47. The summed E-state index contributed by atoms with van der Waals surface area (Å²) in [7, 11) is 0. The second-order valence-electron chi connectivity index (χ2n) is 5.30. The van der Waals surface area contributed by atoms with E-state index in [1.165, 1.54) is 0 Å². The van der Waals surface area contributed by atoms with Crippen molar-refractivity contribution in [2.45, 2.75) is 12.1 Å². The predicted molar refractivity (Wildman–Crippen MR) is 92.8 cm³/mol. The van der Waals surface area contributed by atoms with Crippen LogP contribution in [0.5, 0.6) is 0 Å². The molecule has 0 bridgehead atoms. The number of azide groups is 1. The molecule has 132 valence electrons. The number of carbonyl (C=O) groups is 1. The van der Waals surface area contributed by atoms with Crippen molar-refractivity contribution in [2.24, 2.45) is 5.11 Å². The van der Waals surface area contributed by atoms with Crippen LogP contribution in [0.4, 0.5) is 10.2 Å². The summed E-state index contributed by atoms with van der Waals surface area (Å²) in [6.45, 7) is 5.44. The molecule has 0 saturated carbocycles. The minimum absolute atomic E-state index is 0.294. The third-order valence-electron chi connectivity index (χ3n) is 3.62. The summed E-state index contributed by atoms with van der Waals surface area (Å²) in [4.78, 5) is 21.2. The van der Waals surface area contributed by atoms with Gasteiger partial charge in [0.05, 0.1) is 6.04 Å². The van der Waals surface area contributed by atoms with Crippen LogP contribution in [0.15, 0.2) is 47.7 Å². The van der Waals surface area contributed by atoms with Gasteiger partial charge in [-0.05, 0) is 22.7 Å². The van der Waals surface area contributed by atoms with E-state index >= 15 is 0 Å². The van der Waals surface area contributed by atoms with E-state index in [0.29, 0.717) is 11.4 Å². The Labute approximate surface area is 148 Å². The summed E-state index contributed by atoms with van der Waals surface area (Å²) in [5.74, 6) is -0.379. The highest BCUT2D eigenvalue weighted by Gasteiger charge is 2.22. The predicted octanol–water partition coefficient (Wildman–Crippen LogP) is 3.10.